The molecular formula is C21H21N7OS. The van der Waals surface area contributed by atoms with Crippen LogP contribution in [-0.4, -0.2) is 42.7 Å². The second kappa shape index (κ2) is 8.50. The summed E-state index contributed by atoms with van der Waals surface area (Å²) in [5, 5.41) is 20.3. The van der Waals surface area contributed by atoms with Crippen molar-refractivity contribution in [1.82, 2.24) is 35.1 Å². The fraction of sp³-hybridized carbons (Fsp3) is 0.190. The molecule has 9 heteroatoms. The van der Waals surface area contributed by atoms with Crippen molar-refractivity contribution in [3.05, 3.63) is 72.2 Å². The van der Waals surface area contributed by atoms with Crippen LogP contribution >= 0.6 is 11.8 Å². The van der Waals surface area contributed by atoms with Gasteiger partial charge >= 0.3 is 0 Å². The zero-order chi connectivity index (χ0) is 21.1. The second-order valence-corrected chi connectivity index (χ2v) is 8.09. The summed E-state index contributed by atoms with van der Waals surface area (Å²) in [5.41, 5.74) is 4.34. The fourth-order valence-electron chi connectivity index (χ4n) is 2.98. The molecule has 2 aromatic heterocycles. The standard InChI is InChI=1S/C21H21N7OS/c1-14(30-21-25-23-13-27(21)3)17-5-4-6-18(11-17)28-12-19(24-26-28)15-7-9-16(10-8-15)20(29)22-2/h4-14H,1-3H3,(H,22,29)/t14-/m0/s1. The number of carbonyl (C=O) groups excluding carboxylic acids is 1. The second-order valence-electron chi connectivity index (χ2n) is 6.78. The lowest BCUT2D eigenvalue weighted by molar-refractivity contribution is 0.0963. The van der Waals surface area contributed by atoms with E-state index in [1.54, 1.807) is 42.0 Å². The molecule has 1 amide bonds. The van der Waals surface area contributed by atoms with Gasteiger partial charge in [-0.05, 0) is 36.8 Å². The number of aromatic nitrogens is 6. The summed E-state index contributed by atoms with van der Waals surface area (Å²) in [6.07, 6.45) is 3.58. The van der Waals surface area contributed by atoms with Crippen LogP contribution in [0.3, 0.4) is 0 Å². The Hall–Kier alpha value is -3.46. The minimum atomic E-state index is -0.115. The molecule has 0 spiro atoms. The first-order chi connectivity index (χ1) is 14.5. The van der Waals surface area contributed by atoms with Gasteiger partial charge in [0.25, 0.3) is 5.91 Å². The number of amides is 1. The molecule has 1 atom stereocenters. The lowest BCUT2D eigenvalue weighted by Crippen LogP contribution is -2.17. The third kappa shape index (κ3) is 4.11. The van der Waals surface area contributed by atoms with E-state index in [9.17, 15) is 4.79 Å². The van der Waals surface area contributed by atoms with Crippen molar-refractivity contribution in [3.63, 3.8) is 0 Å². The molecule has 0 unspecified atom stereocenters. The Morgan fingerprint density at radius 3 is 2.63 bits per heavy atom. The maximum absolute atomic E-state index is 11.7. The number of thioether (sulfide) groups is 1. The summed E-state index contributed by atoms with van der Waals surface area (Å²) in [5.74, 6) is -0.115. The van der Waals surface area contributed by atoms with Crippen LogP contribution in [0, 0.1) is 0 Å². The smallest absolute Gasteiger partial charge is 0.251 e. The van der Waals surface area contributed by atoms with Crippen molar-refractivity contribution < 1.29 is 4.79 Å². The lowest BCUT2D eigenvalue weighted by atomic mass is 10.1. The average Bonchev–Trinajstić information content (AvgIpc) is 3.43. The Morgan fingerprint density at radius 2 is 1.93 bits per heavy atom. The van der Waals surface area contributed by atoms with E-state index >= 15 is 0 Å². The molecule has 4 rings (SSSR count). The number of nitrogens with zero attached hydrogens (tertiary/aromatic N) is 6. The molecule has 1 N–H and O–H groups in total. The Bertz CT molecular complexity index is 1170. The third-order valence-corrected chi connectivity index (χ3v) is 5.93. The number of benzene rings is 2. The zero-order valence-corrected chi connectivity index (χ0v) is 17.7. The topological polar surface area (TPSA) is 90.5 Å². The quantitative estimate of drug-likeness (QED) is 0.483. The monoisotopic (exact) mass is 419 g/mol. The van der Waals surface area contributed by atoms with Crippen LogP contribution in [0.2, 0.25) is 0 Å². The first kappa shape index (κ1) is 19.8. The molecule has 0 bridgehead atoms. The van der Waals surface area contributed by atoms with Crippen molar-refractivity contribution in [1.29, 1.82) is 0 Å². The Morgan fingerprint density at radius 1 is 1.13 bits per heavy atom. The number of hydrogen-bond acceptors (Lipinski definition) is 6. The van der Waals surface area contributed by atoms with Gasteiger partial charge < -0.3 is 9.88 Å². The van der Waals surface area contributed by atoms with Crippen LogP contribution in [0.5, 0.6) is 0 Å². The van der Waals surface area contributed by atoms with E-state index in [1.165, 1.54) is 0 Å². The van der Waals surface area contributed by atoms with E-state index < -0.39 is 0 Å². The van der Waals surface area contributed by atoms with Crippen LogP contribution in [0.1, 0.15) is 28.1 Å². The highest BCUT2D eigenvalue weighted by molar-refractivity contribution is 7.99. The predicted octanol–water partition coefficient (Wildman–Crippen LogP) is 3.28. The van der Waals surface area contributed by atoms with Gasteiger partial charge in [0.15, 0.2) is 5.16 Å². The summed E-state index contributed by atoms with van der Waals surface area (Å²) < 4.78 is 3.66. The van der Waals surface area contributed by atoms with Gasteiger partial charge in [-0.15, -0.1) is 15.3 Å². The molecule has 0 aliphatic carbocycles. The molecule has 2 heterocycles. The Labute approximate surface area is 178 Å². The van der Waals surface area contributed by atoms with Crippen LogP contribution in [0.25, 0.3) is 16.9 Å². The molecule has 0 aliphatic rings. The zero-order valence-electron chi connectivity index (χ0n) is 16.9. The minimum Gasteiger partial charge on any atom is -0.355 e. The SMILES string of the molecule is CNC(=O)c1ccc(-c2cn(-c3cccc([C@H](C)Sc4nncn4C)c3)nn2)cc1. The summed E-state index contributed by atoms with van der Waals surface area (Å²) in [4.78, 5) is 11.7. The Balaban J connectivity index is 1.54. The fourth-order valence-corrected chi connectivity index (χ4v) is 3.89. The van der Waals surface area contributed by atoms with E-state index in [1.807, 2.05) is 42.1 Å². The van der Waals surface area contributed by atoms with E-state index in [4.69, 9.17) is 0 Å². The molecule has 0 saturated carbocycles. The van der Waals surface area contributed by atoms with Gasteiger partial charge in [0, 0.05) is 30.5 Å². The molecule has 2 aromatic carbocycles. The van der Waals surface area contributed by atoms with E-state index in [2.05, 4.69) is 44.9 Å². The number of aryl methyl sites for hydroxylation is 1. The van der Waals surface area contributed by atoms with Gasteiger partial charge in [0.2, 0.25) is 0 Å². The molecular weight excluding hydrogens is 398 g/mol. The molecule has 152 valence electrons. The number of hydrogen-bond donors (Lipinski definition) is 1. The van der Waals surface area contributed by atoms with Crippen LogP contribution in [0.15, 0.2) is 66.2 Å². The van der Waals surface area contributed by atoms with Gasteiger partial charge in [0.05, 0.1) is 11.9 Å². The van der Waals surface area contributed by atoms with Gasteiger partial charge in [-0.1, -0.05) is 41.2 Å². The first-order valence-corrected chi connectivity index (χ1v) is 10.3. The van der Waals surface area contributed by atoms with Crippen molar-refractivity contribution in [2.24, 2.45) is 7.05 Å². The third-order valence-electron chi connectivity index (χ3n) is 4.72. The van der Waals surface area contributed by atoms with E-state index in [0.717, 1.165) is 27.7 Å². The highest BCUT2D eigenvalue weighted by atomic mass is 32.2. The van der Waals surface area contributed by atoms with Crippen molar-refractivity contribution in [2.45, 2.75) is 17.3 Å². The van der Waals surface area contributed by atoms with Crippen LogP contribution < -0.4 is 5.32 Å². The van der Waals surface area contributed by atoms with Crippen LogP contribution in [-0.2, 0) is 7.05 Å². The van der Waals surface area contributed by atoms with Crippen molar-refractivity contribution in [3.8, 4) is 16.9 Å². The predicted molar refractivity (Wildman–Crippen MR) is 115 cm³/mol. The largest absolute Gasteiger partial charge is 0.355 e. The maximum Gasteiger partial charge on any atom is 0.251 e. The molecule has 4 aromatic rings. The first-order valence-electron chi connectivity index (χ1n) is 9.41. The summed E-state index contributed by atoms with van der Waals surface area (Å²) >= 11 is 1.65. The van der Waals surface area contributed by atoms with Crippen molar-refractivity contribution >= 4 is 17.7 Å². The van der Waals surface area contributed by atoms with Gasteiger partial charge in [-0.2, -0.15) is 0 Å². The van der Waals surface area contributed by atoms with Crippen LogP contribution in [0.4, 0.5) is 0 Å². The average molecular weight is 420 g/mol. The van der Waals surface area contributed by atoms with Gasteiger partial charge in [0.1, 0.15) is 12.0 Å². The summed E-state index contributed by atoms with van der Waals surface area (Å²) in [6.45, 7) is 2.14. The minimum absolute atomic E-state index is 0.115. The van der Waals surface area contributed by atoms with Crippen molar-refractivity contribution in [2.75, 3.05) is 7.05 Å². The highest BCUT2D eigenvalue weighted by Crippen LogP contribution is 2.33. The molecule has 0 radical (unpaired) electrons. The highest BCUT2D eigenvalue weighted by Gasteiger charge is 2.13. The number of rotatable bonds is 6. The maximum atomic E-state index is 11.7. The van der Waals surface area contributed by atoms with E-state index in [0.29, 0.717) is 5.56 Å². The number of nitrogens with one attached hydrogen (secondary N) is 1. The summed E-state index contributed by atoms with van der Waals surface area (Å²) in [7, 11) is 3.55. The normalized spacial score (nSPS) is 12.0. The molecule has 0 fully saturated rings. The number of carbonyl (C=O) groups is 1. The molecule has 0 saturated heterocycles. The lowest BCUT2D eigenvalue weighted by Gasteiger charge is -2.12. The van der Waals surface area contributed by atoms with Gasteiger partial charge in [-0.25, -0.2) is 4.68 Å². The van der Waals surface area contributed by atoms with E-state index in [-0.39, 0.29) is 11.2 Å². The Kier molecular flexibility index (Phi) is 5.62. The molecule has 30 heavy (non-hydrogen) atoms. The molecule has 0 aliphatic heterocycles. The molecule has 8 nitrogen and oxygen atoms in total. The van der Waals surface area contributed by atoms with Gasteiger partial charge in [-0.3, -0.25) is 4.79 Å². The summed E-state index contributed by atoms with van der Waals surface area (Å²) in [6, 6.07) is 15.5.